The molecule has 1 aliphatic carbocycles. The standard InChI is InChI=1S/C19H20Cl2N4/c1-12-5-7-13(8-6-12)10-25-11-22-18-17(25)16(23-19(21)24-18)14-3-2-4-15(20)9-14/h2-4,9,11-13H,5-8,10H2,1H3/t12-,13-. The molecule has 1 fully saturated rings. The van der Waals surface area contributed by atoms with E-state index < -0.39 is 0 Å². The van der Waals surface area contributed by atoms with Crippen LogP contribution in [0.1, 0.15) is 32.6 Å². The average Bonchev–Trinajstić information content (AvgIpc) is 2.99. The molecule has 2 heterocycles. The predicted octanol–water partition coefficient (Wildman–Crippen LogP) is 5.63. The zero-order chi connectivity index (χ0) is 17.4. The minimum atomic E-state index is 0.208. The number of rotatable bonds is 3. The topological polar surface area (TPSA) is 43.6 Å². The number of aromatic nitrogens is 4. The lowest BCUT2D eigenvalue weighted by atomic mass is 9.83. The number of halogens is 2. The summed E-state index contributed by atoms with van der Waals surface area (Å²) in [6, 6.07) is 7.66. The van der Waals surface area contributed by atoms with Crippen LogP contribution < -0.4 is 0 Å². The van der Waals surface area contributed by atoms with E-state index in [9.17, 15) is 0 Å². The van der Waals surface area contributed by atoms with Gasteiger partial charge in [-0.15, -0.1) is 0 Å². The van der Waals surface area contributed by atoms with Crippen molar-refractivity contribution in [2.45, 2.75) is 39.2 Å². The molecule has 0 unspecified atom stereocenters. The second kappa shape index (κ2) is 6.93. The smallest absolute Gasteiger partial charge is 0.225 e. The minimum absolute atomic E-state index is 0.208. The van der Waals surface area contributed by atoms with E-state index in [1.54, 1.807) is 0 Å². The molecule has 0 saturated heterocycles. The van der Waals surface area contributed by atoms with Gasteiger partial charge in [-0.25, -0.2) is 9.97 Å². The van der Waals surface area contributed by atoms with Crippen molar-refractivity contribution in [3.63, 3.8) is 0 Å². The van der Waals surface area contributed by atoms with Crippen LogP contribution in [0.15, 0.2) is 30.6 Å². The van der Waals surface area contributed by atoms with Crippen LogP contribution in [0.25, 0.3) is 22.4 Å². The number of benzene rings is 1. The summed E-state index contributed by atoms with van der Waals surface area (Å²) >= 11 is 12.3. The molecule has 1 saturated carbocycles. The molecule has 4 rings (SSSR count). The van der Waals surface area contributed by atoms with Crippen LogP contribution in [-0.4, -0.2) is 19.5 Å². The van der Waals surface area contributed by atoms with E-state index in [1.165, 1.54) is 25.7 Å². The fraction of sp³-hybridized carbons (Fsp3) is 0.421. The third-order valence-corrected chi connectivity index (χ3v) is 5.54. The van der Waals surface area contributed by atoms with Gasteiger partial charge in [-0.1, -0.05) is 43.5 Å². The van der Waals surface area contributed by atoms with Gasteiger partial charge in [-0.2, -0.15) is 4.98 Å². The van der Waals surface area contributed by atoms with E-state index in [0.29, 0.717) is 16.6 Å². The molecule has 0 bridgehead atoms. The van der Waals surface area contributed by atoms with Gasteiger partial charge < -0.3 is 4.57 Å². The van der Waals surface area contributed by atoms with Crippen molar-refractivity contribution in [3.8, 4) is 11.3 Å². The monoisotopic (exact) mass is 374 g/mol. The highest BCUT2D eigenvalue weighted by molar-refractivity contribution is 6.31. The maximum absolute atomic E-state index is 6.17. The molecule has 1 aromatic carbocycles. The maximum atomic E-state index is 6.17. The molecule has 0 spiro atoms. The highest BCUT2D eigenvalue weighted by Gasteiger charge is 2.21. The largest absolute Gasteiger partial charge is 0.327 e. The van der Waals surface area contributed by atoms with Crippen molar-refractivity contribution in [1.29, 1.82) is 0 Å². The minimum Gasteiger partial charge on any atom is -0.327 e. The lowest BCUT2D eigenvalue weighted by Gasteiger charge is -2.26. The molecular weight excluding hydrogens is 355 g/mol. The Kier molecular flexibility index (Phi) is 4.65. The fourth-order valence-corrected chi connectivity index (χ4v) is 4.07. The van der Waals surface area contributed by atoms with Crippen LogP contribution in [0.4, 0.5) is 0 Å². The van der Waals surface area contributed by atoms with Gasteiger partial charge in [-0.3, -0.25) is 0 Å². The lowest BCUT2D eigenvalue weighted by Crippen LogP contribution is -2.17. The van der Waals surface area contributed by atoms with Gasteiger partial charge in [0.1, 0.15) is 11.2 Å². The molecule has 0 radical (unpaired) electrons. The summed E-state index contributed by atoms with van der Waals surface area (Å²) in [5.74, 6) is 1.52. The molecule has 2 aromatic heterocycles. The van der Waals surface area contributed by atoms with Gasteiger partial charge >= 0.3 is 0 Å². The number of hydrogen-bond donors (Lipinski definition) is 0. The van der Waals surface area contributed by atoms with Gasteiger partial charge in [-0.05, 0) is 48.4 Å². The summed E-state index contributed by atoms with van der Waals surface area (Å²) in [5.41, 5.74) is 3.30. The van der Waals surface area contributed by atoms with Crippen molar-refractivity contribution in [3.05, 3.63) is 40.9 Å². The predicted molar refractivity (Wildman–Crippen MR) is 102 cm³/mol. The summed E-state index contributed by atoms with van der Waals surface area (Å²) in [6.07, 6.45) is 7.01. The molecular formula is C19H20Cl2N4. The summed E-state index contributed by atoms with van der Waals surface area (Å²) in [6.45, 7) is 3.29. The van der Waals surface area contributed by atoms with Gasteiger partial charge in [0, 0.05) is 17.1 Å². The Morgan fingerprint density at radius 2 is 1.92 bits per heavy atom. The second-order valence-electron chi connectivity index (χ2n) is 7.05. The molecule has 6 heteroatoms. The first-order valence-electron chi connectivity index (χ1n) is 8.74. The van der Waals surface area contributed by atoms with Crippen molar-refractivity contribution in [1.82, 2.24) is 19.5 Å². The molecule has 25 heavy (non-hydrogen) atoms. The summed E-state index contributed by atoms with van der Waals surface area (Å²) < 4.78 is 2.18. The first kappa shape index (κ1) is 16.8. The third-order valence-electron chi connectivity index (χ3n) is 5.13. The number of nitrogens with zero attached hydrogens (tertiary/aromatic N) is 4. The van der Waals surface area contributed by atoms with Crippen LogP contribution in [0.2, 0.25) is 10.3 Å². The van der Waals surface area contributed by atoms with Crippen LogP contribution in [0.5, 0.6) is 0 Å². The maximum Gasteiger partial charge on any atom is 0.225 e. The molecule has 0 amide bonds. The van der Waals surface area contributed by atoms with E-state index >= 15 is 0 Å². The molecule has 3 aromatic rings. The first-order valence-corrected chi connectivity index (χ1v) is 9.50. The fourth-order valence-electron chi connectivity index (χ4n) is 3.72. The Labute approximate surface area is 157 Å². The summed E-state index contributed by atoms with van der Waals surface area (Å²) in [7, 11) is 0. The van der Waals surface area contributed by atoms with E-state index in [4.69, 9.17) is 23.2 Å². The van der Waals surface area contributed by atoms with Crippen LogP contribution in [0.3, 0.4) is 0 Å². The van der Waals surface area contributed by atoms with E-state index in [-0.39, 0.29) is 5.28 Å². The first-order chi connectivity index (χ1) is 12.1. The normalized spacial score (nSPS) is 20.9. The van der Waals surface area contributed by atoms with Gasteiger partial charge in [0.25, 0.3) is 0 Å². The quantitative estimate of drug-likeness (QED) is 0.558. The highest BCUT2D eigenvalue weighted by atomic mass is 35.5. The molecule has 130 valence electrons. The zero-order valence-electron chi connectivity index (χ0n) is 14.1. The SMILES string of the molecule is C[C@H]1CC[C@H](Cn2cnc3nc(Cl)nc(-c4cccc(Cl)c4)c32)CC1. The molecule has 0 aliphatic heterocycles. The van der Waals surface area contributed by atoms with Crippen molar-refractivity contribution >= 4 is 34.4 Å². The Balaban J connectivity index is 1.76. The average molecular weight is 375 g/mol. The number of imidazole rings is 1. The van der Waals surface area contributed by atoms with Crippen LogP contribution in [0, 0.1) is 11.8 Å². The Morgan fingerprint density at radius 1 is 1.12 bits per heavy atom. The summed E-state index contributed by atoms with van der Waals surface area (Å²) in [4.78, 5) is 13.2. The van der Waals surface area contributed by atoms with Crippen LogP contribution in [-0.2, 0) is 6.54 Å². The molecule has 1 aliphatic rings. The van der Waals surface area contributed by atoms with Crippen molar-refractivity contribution in [2.24, 2.45) is 11.8 Å². The second-order valence-corrected chi connectivity index (χ2v) is 7.82. The molecule has 0 atom stereocenters. The third kappa shape index (κ3) is 3.51. The number of hydrogen-bond acceptors (Lipinski definition) is 3. The Bertz CT molecular complexity index is 898. The number of fused-ring (bicyclic) bond motifs is 1. The van der Waals surface area contributed by atoms with Gasteiger partial charge in [0.05, 0.1) is 6.33 Å². The van der Waals surface area contributed by atoms with Crippen LogP contribution >= 0.6 is 23.2 Å². The van der Waals surface area contributed by atoms with E-state index in [2.05, 4.69) is 26.4 Å². The molecule has 0 N–H and O–H groups in total. The van der Waals surface area contributed by atoms with E-state index in [0.717, 1.165) is 29.2 Å². The Hall–Kier alpha value is -1.65. The van der Waals surface area contributed by atoms with Crippen molar-refractivity contribution < 1.29 is 0 Å². The van der Waals surface area contributed by atoms with Gasteiger partial charge in [0.2, 0.25) is 5.28 Å². The summed E-state index contributed by atoms with van der Waals surface area (Å²) in [5, 5.41) is 0.881. The highest BCUT2D eigenvalue weighted by Crippen LogP contribution is 2.32. The zero-order valence-corrected chi connectivity index (χ0v) is 15.6. The lowest BCUT2D eigenvalue weighted by molar-refractivity contribution is 0.266. The van der Waals surface area contributed by atoms with Gasteiger partial charge in [0.15, 0.2) is 5.65 Å². The Morgan fingerprint density at radius 3 is 2.68 bits per heavy atom. The molecule has 4 nitrogen and oxygen atoms in total. The van der Waals surface area contributed by atoms with Crippen molar-refractivity contribution in [2.75, 3.05) is 0 Å². The van der Waals surface area contributed by atoms with E-state index in [1.807, 2.05) is 30.6 Å².